The van der Waals surface area contributed by atoms with Crippen LogP contribution in [-0.2, 0) is 20.4 Å². The maximum absolute atomic E-state index is 13.0. The highest BCUT2D eigenvalue weighted by molar-refractivity contribution is 6.01. The Morgan fingerprint density at radius 2 is 1.69 bits per heavy atom. The molecule has 1 heterocycles. The van der Waals surface area contributed by atoms with E-state index in [4.69, 9.17) is 0 Å². The molecule has 5 nitrogen and oxygen atoms in total. The number of benzene rings is 2. The topological polar surface area (TPSA) is 61.4 Å². The van der Waals surface area contributed by atoms with Gasteiger partial charge in [0.15, 0.2) is 0 Å². The first kappa shape index (κ1) is 19.5. The van der Waals surface area contributed by atoms with E-state index in [9.17, 15) is 9.59 Å². The number of nitrogens with one attached hydrogen (secondary N) is 2. The summed E-state index contributed by atoms with van der Waals surface area (Å²) in [7, 11) is 0. The monoisotopic (exact) mass is 391 g/mol. The zero-order chi connectivity index (χ0) is 20.6. The van der Waals surface area contributed by atoms with E-state index in [2.05, 4.69) is 55.7 Å². The largest absolute Gasteiger partial charge is 0.360 e. The van der Waals surface area contributed by atoms with Gasteiger partial charge < -0.3 is 15.5 Å². The molecule has 1 aliphatic heterocycles. The highest BCUT2D eigenvalue weighted by atomic mass is 16.2. The van der Waals surface area contributed by atoms with E-state index in [-0.39, 0.29) is 17.2 Å². The van der Waals surface area contributed by atoms with E-state index in [1.54, 1.807) is 0 Å². The number of amides is 2. The summed E-state index contributed by atoms with van der Waals surface area (Å²) < 4.78 is 0. The Bertz CT molecular complexity index is 907. The summed E-state index contributed by atoms with van der Waals surface area (Å²) in [6.45, 7) is 8.42. The average Bonchev–Trinajstić information content (AvgIpc) is 3.50. The lowest BCUT2D eigenvalue weighted by Gasteiger charge is -2.28. The van der Waals surface area contributed by atoms with Gasteiger partial charge in [-0.15, -0.1) is 0 Å². The first-order chi connectivity index (χ1) is 13.8. The number of piperazine rings is 1. The second-order valence-corrected chi connectivity index (χ2v) is 9.18. The van der Waals surface area contributed by atoms with Crippen LogP contribution in [0.3, 0.4) is 0 Å². The molecule has 29 heavy (non-hydrogen) atoms. The third-order valence-electron chi connectivity index (χ3n) is 6.02. The summed E-state index contributed by atoms with van der Waals surface area (Å²) in [5, 5.41) is 5.92. The van der Waals surface area contributed by atoms with Crippen molar-refractivity contribution in [2.24, 2.45) is 0 Å². The van der Waals surface area contributed by atoms with Crippen molar-refractivity contribution in [2.75, 3.05) is 29.9 Å². The summed E-state index contributed by atoms with van der Waals surface area (Å²) in [6.07, 6.45) is 1.77. The Morgan fingerprint density at radius 1 is 1.03 bits per heavy atom. The van der Waals surface area contributed by atoms with Gasteiger partial charge in [-0.05, 0) is 53.6 Å². The molecule has 1 saturated carbocycles. The zero-order valence-corrected chi connectivity index (χ0v) is 17.4. The van der Waals surface area contributed by atoms with Gasteiger partial charge >= 0.3 is 0 Å². The standard InChI is InChI=1S/C24H29N3O2/c1-23(2,3)17-4-6-18(7-5-17)24(12-13-24)22(29)26-19-8-10-20(11-9-19)27-15-14-25-21(28)16-27/h4-11H,12-16H2,1-3H3,(H,25,28)(H,26,29). The fourth-order valence-corrected chi connectivity index (χ4v) is 3.93. The van der Waals surface area contributed by atoms with E-state index in [0.29, 0.717) is 13.1 Å². The Morgan fingerprint density at radius 3 is 2.24 bits per heavy atom. The Balaban J connectivity index is 1.44. The molecule has 0 spiro atoms. The molecule has 2 aromatic carbocycles. The van der Waals surface area contributed by atoms with Gasteiger partial charge in [-0.2, -0.15) is 0 Å². The number of carbonyl (C=O) groups is 2. The van der Waals surface area contributed by atoms with Crippen molar-refractivity contribution in [3.8, 4) is 0 Å². The SMILES string of the molecule is CC(C)(C)c1ccc(C2(C(=O)Nc3ccc(N4CCNC(=O)C4)cc3)CC2)cc1. The molecule has 2 fully saturated rings. The normalized spacial score (nSPS) is 18.2. The van der Waals surface area contributed by atoms with Crippen LogP contribution in [0.25, 0.3) is 0 Å². The summed E-state index contributed by atoms with van der Waals surface area (Å²) in [6, 6.07) is 16.3. The Labute approximate surface area is 172 Å². The highest BCUT2D eigenvalue weighted by Gasteiger charge is 2.51. The quantitative estimate of drug-likeness (QED) is 0.837. The lowest BCUT2D eigenvalue weighted by atomic mass is 9.85. The Hall–Kier alpha value is -2.82. The molecule has 4 rings (SSSR count). The first-order valence-electron chi connectivity index (χ1n) is 10.3. The minimum absolute atomic E-state index is 0.0433. The van der Waals surface area contributed by atoms with Crippen LogP contribution in [0, 0.1) is 0 Å². The molecule has 0 bridgehead atoms. The molecule has 2 amide bonds. The highest BCUT2D eigenvalue weighted by Crippen LogP contribution is 2.49. The lowest BCUT2D eigenvalue weighted by molar-refractivity contribution is -0.120. The van der Waals surface area contributed by atoms with Crippen LogP contribution in [0.2, 0.25) is 0 Å². The van der Waals surface area contributed by atoms with Gasteiger partial charge in [-0.25, -0.2) is 0 Å². The van der Waals surface area contributed by atoms with Gasteiger partial charge in [0, 0.05) is 24.5 Å². The molecule has 0 radical (unpaired) electrons. The van der Waals surface area contributed by atoms with Crippen molar-refractivity contribution in [2.45, 2.75) is 44.4 Å². The van der Waals surface area contributed by atoms with E-state index >= 15 is 0 Å². The van der Waals surface area contributed by atoms with Gasteiger partial charge in [0.2, 0.25) is 11.8 Å². The smallest absolute Gasteiger partial charge is 0.239 e. The van der Waals surface area contributed by atoms with Crippen LogP contribution in [0.1, 0.15) is 44.7 Å². The van der Waals surface area contributed by atoms with E-state index in [1.807, 2.05) is 29.2 Å². The second-order valence-electron chi connectivity index (χ2n) is 9.18. The number of nitrogens with zero attached hydrogens (tertiary/aromatic N) is 1. The number of carbonyl (C=O) groups excluding carboxylic acids is 2. The van der Waals surface area contributed by atoms with Gasteiger partial charge in [0.05, 0.1) is 12.0 Å². The molecule has 0 unspecified atom stereocenters. The fourth-order valence-electron chi connectivity index (χ4n) is 3.93. The van der Waals surface area contributed by atoms with Gasteiger partial charge in [0.1, 0.15) is 0 Å². The maximum Gasteiger partial charge on any atom is 0.239 e. The predicted octanol–water partition coefficient (Wildman–Crippen LogP) is 3.59. The fraction of sp³-hybridized carbons (Fsp3) is 0.417. The van der Waals surface area contributed by atoms with Crippen LogP contribution in [0.5, 0.6) is 0 Å². The maximum atomic E-state index is 13.0. The zero-order valence-electron chi connectivity index (χ0n) is 17.4. The molecule has 0 atom stereocenters. The summed E-state index contributed by atoms with van der Waals surface area (Å²) in [5.74, 6) is 0.105. The van der Waals surface area contributed by atoms with Gasteiger partial charge in [-0.1, -0.05) is 45.0 Å². The number of anilines is 2. The Kier molecular flexibility index (Phi) is 4.85. The van der Waals surface area contributed by atoms with Crippen LogP contribution in [-0.4, -0.2) is 31.4 Å². The van der Waals surface area contributed by atoms with E-state index in [0.717, 1.165) is 36.3 Å². The van der Waals surface area contributed by atoms with Crippen molar-refractivity contribution in [3.63, 3.8) is 0 Å². The van der Waals surface area contributed by atoms with E-state index in [1.165, 1.54) is 5.56 Å². The minimum atomic E-state index is -0.403. The number of rotatable bonds is 4. The molecule has 5 heteroatoms. The van der Waals surface area contributed by atoms with Crippen molar-refractivity contribution >= 4 is 23.2 Å². The van der Waals surface area contributed by atoms with Gasteiger partial charge in [0.25, 0.3) is 0 Å². The van der Waals surface area contributed by atoms with Crippen LogP contribution < -0.4 is 15.5 Å². The van der Waals surface area contributed by atoms with Crippen LogP contribution in [0.4, 0.5) is 11.4 Å². The molecule has 0 aromatic heterocycles. The van der Waals surface area contributed by atoms with Crippen molar-refractivity contribution in [1.82, 2.24) is 5.32 Å². The second kappa shape index (κ2) is 7.21. The van der Waals surface area contributed by atoms with E-state index < -0.39 is 5.41 Å². The van der Waals surface area contributed by atoms with Crippen molar-refractivity contribution in [1.29, 1.82) is 0 Å². The molecular formula is C24H29N3O2. The summed E-state index contributed by atoms with van der Waals surface area (Å²) in [4.78, 5) is 26.7. The van der Waals surface area contributed by atoms with Crippen molar-refractivity contribution in [3.05, 3.63) is 59.7 Å². The molecule has 152 valence electrons. The summed E-state index contributed by atoms with van der Waals surface area (Å²) in [5.41, 5.74) is 3.86. The van der Waals surface area contributed by atoms with Crippen LogP contribution >= 0.6 is 0 Å². The first-order valence-corrected chi connectivity index (χ1v) is 10.3. The summed E-state index contributed by atoms with van der Waals surface area (Å²) >= 11 is 0. The predicted molar refractivity (Wildman–Crippen MR) is 116 cm³/mol. The molecule has 1 aliphatic carbocycles. The molecular weight excluding hydrogens is 362 g/mol. The lowest BCUT2D eigenvalue weighted by Crippen LogP contribution is -2.47. The van der Waals surface area contributed by atoms with Crippen LogP contribution in [0.15, 0.2) is 48.5 Å². The number of hydrogen-bond acceptors (Lipinski definition) is 3. The third kappa shape index (κ3) is 4.00. The number of hydrogen-bond donors (Lipinski definition) is 2. The molecule has 2 N–H and O–H groups in total. The van der Waals surface area contributed by atoms with Crippen molar-refractivity contribution < 1.29 is 9.59 Å². The molecule has 2 aromatic rings. The minimum Gasteiger partial charge on any atom is -0.360 e. The van der Waals surface area contributed by atoms with Gasteiger partial charge in [-0.3, -0.25) is 9.59 Å². The average molecular weight is 392 g/mol. The molecule has 2 aliphatic rings. The third-order valence-corrected chi connectivity index (χ3v) is 6.02. The molecule has 1 saturated heterocycles.